The molecule has 3 fully saturated rings. The minimum atomic E-state index is -0.109. The van der Waals surface area contributed by atoms with Crippen molar-refractivity contribution >= 4 is 5.91 Å². The highest BCUT2D eigenvalue weighted by atomic mass is 16.3. The fraction of sp³-hybridized carbons (Fsp3) is 0.588. The third kappa shape index (κ3) is 1.83. The van der Waals surface area contributed by atoms with Crippen LogP contribution in [0.2, 0.25) is 0 Å². The highest BCUT2D eigenvalue weighted by Crippen LogP contribution is 2.58. The number of phenolic OH excluding ortho intramolecular Hbond substituents is 1. The average molecular weight is 273 g/mol. The molecule has 3 saturated carbocycles. The summed E-state index contributed by atoms with van der Waals surface area (Å²) in [4.78, 5) is 12.1. The van der Waals surface area contributed by atoms with E-state index in [9.17, 15) is 9.90 Å². The predicted octanol–water partition coefficient (Wildman–Crippen LogP) is 3.04. The Kier molecular flexibility index (Phi) is 3.03. The highest BCUT2D eigenvalue weighted by molar-refractivity contribution is 5.82. The van der Waals surface area contributed by atoms with Crippen LogP contribution in [0.5, 0.6) is 5.75 Å². The molecule has 20 heavy (non-hydrogen) atoms. The first-order chi connectivity index (χ1) is 9.51. The molecule has 1 aromatic carbocycles. The maximum atomic E-state index is 12.1. The van der Waals surface area contributed by atoms with E-state index < -0.39 is 0 Å². The Morgan fingerprint density at radius 2 is 1.75 bits per heavy atom. The lowest BCUT2D eigenvalue weighted by Crippen LogP contribution is -2.51. The zero-order valence-corrected chi connectivity index (χ0v) is 12.3. The molecule has 3 aliphatic rings. The molecule has 0 aromatic heterocycles. The van der Waals surface area contributed by atoms with E-state index in [0.717, 1.165) is 44.1 Å². The van der Waals surface area contributed by atoms with E-state index in [1.807, 2.05) is 13.0 Å². The van der Waals surface area contributed by atoms with E-state index in [4.69, 9.17) is 0 Å². The van der Waals surface area contributed by atoms with E-state index in [0.29, 0.717) is 5.75 Å². The van der Waals surface area contributed by atoms with E-state index in [2.05, 4.69) is 17.4 Å². The summed E-state index contributed by atoms with van der Waals surface area (Å²) in [6.07, 6.45) is 6.24. The number of hydrogen-bond donors (Lipinski definition) is 2. The van der Waals surface area contributed by atoms with Crippen LogP contribution in [0.4, 0.5) is 0 Å². The van der Waals surface area contributed by atoms with Crippen molar-refractivity contribution in [2.24, 2.45) is 5.41 Å². The molecular weight excluding hydrogens is 250 g/mol. The molecule has 108 valence electrons. The van der Waals surface area contributed by atoms with Gasteiger partial charge in [-0.1, -0.05) is 12.1 Å². The second kappa shape index (κ2) is 4.51. The second-order valence-electron chi connectivity index (χ2n) is 6.64. The molecule has 1 aromatic rings. The van der Waals surface area contributed by atoms with Crippen LogP contribution in [0.1, 0.15) is 49.7 Å². The molecule has 0 spiro atoms. The molecule has 3 aliphatic carbocycles. The number of fused-ring (bicyclic) bond motifs is 3. The number of aromatic hydroxyl groups is 1. The average Bonchev–Trinajstić information content (AvgIpc) is 2.51. The zero-order chi connectivity index (χ0) is 14.4. The highest BCUT2D eigenvalue weighted by Gasteiger charge is 2.52. The Hall–Kier alpha value is -1.51. The quantitative estimate of drug-likeness (QED) is 0.870. The molecule has 0 heterocycles. The van der Waals surface area contributed by atoms with Gasteiger partial charge >= 0.3 is 0 Å². The van der Waals surface area contributed by atoms with Gasteiger partial charge in [0.1, 0.15) is 5.75 Å². The van der Waals surface area contributed by atoms with Crippen LogP contribution in [0.3, 0.4) is 0 Å². The number of aryl methyl sites for hydroxylation is 1. The molecule has 4 rings (SSSR count). The van der Waals surface area contributed by atoms with Gasteiger partial charge in [-0.2, -0.15) is 0 Å². The summed E-state index contributed by atoms with van der Waals surface area (Å²) in [5.74, 6) is 0.601. The third-order valence-corrected chi connectivity index (χ3v) is 5.76. The monoisotopic (exact) mass is 273 g/mol. The molecule has 2 bridgehead atoms. The summed E-state index contributed by atoms with van der Waals surface area (Å²) < 4.78 is 0. The lowest BCUT2D eigenvalue weighted by Gasteiger charge is -2.52. The SMILES string of the molecule is CNC(=O)C12CCC(c3ccc(O)c(C)c3)(CC1)CC2. The van der Waals surface area contributed by atoms with Gasteiger partial charge in [-0.3, -0.25) is 4.79 Å². The topological polar surface area (TPSA) is 49.3 Å². The lowest BCUT2D eigenvalue weighted by molar-refractivity contribution is -0.137. The van der Waals surface area contributed by atoms with Crippen molar-refractivity contribution in [1.29, 1.82) is 0 Å². The zero-order valence-electron chi connectivity index (χ0n) is 12.3. The van der Waals surface area contributed by atoms with E-state index >= 15 is 0 Å². The number of hydrogen-bond acceptors (Lipinski definition) is 2. The van der Waals surface area contributed by atoms with Gasteiger partial charge in [0, 0.05) is 12.5 Å². The number of carbonyl (C=O) groups is 1. The predicted molar refractivity (Wildman–Crippen MR) is 78.7 cm³/mol. The Morgan fingerprint density at radius 1 is 1.15 bits per heavy atom. The van der Waals surface area contributed by atoms with Gasteiger partial charge in [0.25, 0.3) is 0 Å². The van der Waals surface area contributed by atoms with Crippen molar-refractivity contribution in [3.05, 3.63) is 29.3 Å². The Morgan fingerprint density at radius 3 is 2.25 bits per heavy atom. The lowest BCUT2D eigenvalue weighted by atomic mass is 9.51. The van der Waals surface area contributed by atoms with Crippen molar-refractivity contribution in [2.45, 2.75) is 50.9 Å². The number of carbonyl (C=O) groups excluding carboxylic acids is 1. The van der Waals surface area contributed by atoms with Crippen LogP contribution in [0.15, 0.2) is 18.2 Å². The molecule has 0 radical (unpaired) electrons. The van der Waals surface area contributed by atoms with Gasteiger partial charge in [-0.05, 0) is 68.1 Å². The van der Waals surface area contributed by atoms with Crippen molar-refractivity contribution < 1.29 is 9.90 Å². The fourth-order valence-corrected chi connectivity index (χ4v) is 4.21. The molecule has 0 saturated heterocycles. The minimum Gasteiger partial charge on any atom is -0.508 e. The number of rotatable bonds is 2. The summed E-state index contributed by atoms with van der Waals surface area (Å²) in [6.45, 7) is 1.95. The number of nitrogens with one attached hydrogen (secondary N) is 1. The maximum Gasteiger partial charge on any atom is 0.225 e. The molecule has 2 N–H and O–H groups in total. The van der Waals surface area contributed by atoms with Crippen molar-refractivity contribution in [1.82, 2.24) is 5.32 Å². The first-order valence-corrected chi connectivity index (χ1v) is 7.54. The smallest absolute Gasteiger partial charge is 0.225 e. The minimum absolute atomic E-state index is 0.109. The Bertz CT molecular complexity index is 525. The van der Waals surface area contributed by atoms with Crippen molar-refractivity contribution in [3.63, 3.8) is 0 Å². The summed E-state index contributed by atoms with van der Waals surface area (Å²) in [6, 6.07) is 6.02. The van der Waals surface area contributed by atoms with Crippen molar-refractivity contribution in [2.75, 3.05) is 7.05 Å². The van der Waals surface area contributed by atoms with Gasteiger partial charge in [0.15, 0.2) is 0 Å². The van der Waals surface area contributed by atoms with Gasteiger partial charge in [0.2, 0.25) is 5.91 Å². The van der Waals surface area contributed by atoms with Crippen molar-refractivity contribution in [3.8, 4) is 5.75 Å². The number of phenols is 1. The fourth-order valence-electron chi connectivity index (χ4n) is 4.21. The van der Waals surface area contributed by atoms with Crippen LogP contribution >= 0.6 is 0 Å². The molecule has 0 aliphatic heterocycles. The summed E-state index contributed by atoms with van der Waals surface area (Å²) in [7, 11) is 1.75. The van der Waals surface area contributed by atoms with Gasteiger partial charge < -0.3 is 10.4 Å². The molecule has 0 atom stereocenters. The standard InChI is InChI=1S/C17H23NO2/c1-12-11-13(3-4-14(12)19)16-5-8-17(9-6-16,10-7-16)15(20)18-2/h3-4,11,19H,5-10H2,1-2H3,(H,18,20). The Labute approximate surface area is 120 Å². The van der Waals surface area contributed by atoms with E-state index in [1.54, 1.807) is 7.05 Å². The van der Waals surface area contributed by atoms with Crippen LogP contribution in [-0.4, -0.2) is 18.1 Å². The number of amides is 1. The van der Waals surface area contributed by atoms with E-state index in [-0.39, 0.29) is 16.7 Å². The molecule has 3 nitrogen and oxygen atoms in total. The summed E-state index contributed by atoms with van der Waals surface area (Å²) in [5.41, 5.74) is 2.42. The van der Waals surface area contributed by atoms with E-state index in [1.165, 1.54) is 5.56 Å². The molecule has 3 heteroatoms. The van der Waals surface area contributed by atoms with Gasteiger partial charge in [0.05, 0.1) is 0 Å². The van der Waals surface area contributed by atoms with Crippen LogP contribution in [0, 0.1) is 12.3 Å². The second-order valence-corrected chi connectivity index (χ2v) is 6.64. The maximum absolute atomic E-state index is 12.1. The van der Waals surface area contributed by atoms with Gasteiger partial charge in [-0.15, -0.1) is 0 Å². The molecule has 1 amide bonds. The summed E-state index contributed by atoms with van der Waals surface area (Å²) >= 11 is 0. The molecule has 0 unspecified atom stereocenters. The molecular formula is C17H23NO2. The third-order valence-electron chi connectivity index (χ3n) is 5.76. The van der Waals surface area contributed by atoms with Gasteiger partial charge in [-0.25, -0.2) is 0 Å². The van der Waals surface area contributed by atoms with Crippen LogP contribution in [-0.2, 0) is 10.2 Å². The summed E-state index contributed by atoms with van der Waals surface area (Å²) in [5, 5.41) is 12.5. The first kappa shape index (κ1) is 13.5. The first-order valence-electron chi connectivity index (χ1n) is 7.54. The number of benzene rings is 1. The van der Waals surface area contributed by atoms with Crippen LogP contribution < -0.4 is 5.32 Å². The normalized spacial score (nSPS) is 32.1. The Balaban J connectivity index is 1.88. The van der Waals surface area contributed by atoms with Crippen LogP contribution in [0.25, 0.3) is 0 Å². The largest absolute Gasteiger partial charge is 0.508 e.